The van der Waals surface area contributed by atoms with Gasteiger partial charge in [-0.05, 0) is 67.5 Å². The van der Waals surface area contributed by atoms with E-state index in [0.29, 0.717) is 54.6 Å². The number of nitrogens with one attached hydrogen (secondary N) is 2. The van der Waals surface area contributed by atoms with Gasteiger partial charge in [0.2, 0.25) is 5.91 Å². The van der Waals surface area contributed by atoms with Crippen molar-refractivity contribution in [2.24, 2.45) is 11.7 Å². The van der Waals surface area contributed by atoms with E-state index in [1.54, 1.807) is 29.2 Å². The number of amides is 3. The Morgan fingerprint density at radius 2 is 1.84 bits per heavy atom. The molecule has 0 aromatic heterocycles. The molecule has 9 nitrogen and oxygen atoms in total. The second-order valence-corrected chi connectivity index (χ2v) is 11.1. The van der Waals surface area contributed by atoms with Crippen LogP contribution in [0.15, 0.2) is 66.7 Å². The fourth-order valence-electron chi connectivity index (χ4n) is 5.92. The number of piperidine rings is 1. The smallest absolute Gasteiger partial charge is 0.404 e. The number of aryl methyl sites for hydroxylation is 1. The van der Waals surface area contributed by atoms with Gasteiger partial charge in [0, 0.05) is 43.2 Å². The summed E-state index contributed by atoms with van der Waals surface area (Å²) in [6.45, 7) is 3.31. The van der Waals surface area contributed by atoms with Crippen molar-refractivity contribution in [2.75, 3.05) is 26.2 Å². The number of hydrogen-bond donors (Lipinski definition) is 5. The van der Waals surface area contributed by atoms with Gasteiger partial charge >= 0.3 is 6.09 Å². The molecule has 0 spiro atoms. The molecular weight excluding hydrogens is 551 g/mol. The zero-order valence-electron chi connectivity index (χ0n) is 24.3. The Kier molecular flexibility index (Phi) is 10.5. The number of nitrogens with zero attached hydrogens (tertiary/aromatic N) is 1. The third-order valence-electron chi connectivity index (χ3n) is 8.01. The van der Waals surface area contributed by atoms with Gasteiger partial charge in [0.05, 0.1) is 12.1 Å². The van der Waals surface area contributed by atoms with Crippen molar-refractivity contribution in [3.63, 3.8) is 0 Å². The topological polar surface area (TPSA) is 145 Å². The molecule has 6 N–H and O–H groups in total. The Hall–Kier alpha value is -4.28. The minimum Gasteiger partial charge on any atom is -0.465 e. The molecule has 4 rings (SSSR count). The van der Waals surface area contributed by atoms with Crippen LogP contribution in [0.5, 0.6) is 0 Å². The summed E-state index contributed by atoms with van der Waals surface area (Å²) in [5.41, 5.74) is 7.36. The van der Waals surface area contributed by atoms with Gasteiger partial charge in [-0.2, -0.15) is 0 Å². The van der Waals surface area contributed by atoms with E-state index in [1.165, 1.54) is 6.07 Å². The van der Waals surface area contributed by atoms with Crippen LogP contribution in [0.3, 0.4) is 0 Å². The number of likely N-dealkylation sites (tertiary alicyclic amines) is 1. The Balaban J connectivity index is 1.62. The summed E-state index contributed by atoms with van der Waals surface area (Å²) in [5.74, 6) is -1.50. The molecule has 1 heterocycles. The monoisotopic (exact) mass is 590 g/mol. The normalized spacial score (nSPS) is 16.3. The van der Waals surface area contributed by atoms with Gasteiger partial charge < -0.3 is 31.5 Å². The summed E-state index contributed by atoms with van der Waals surface area (Å²) < 4.78 is 15.5. The van der Waals surface area contributed by atoms with Gasteiger partial charge in [-0.1, -0.05) is 54.1 Å². The van der Waals surface area contributed by atoms with Crippen molar-refractivity contribution in [2.45, 2.75) is 44.8 Å². The fourth-order valence-corrected chi connectivity index (χ4v) is 5.92. The summed E-state index contributed by atoms with van der Waals surface area (Å²) in [7, 11) is 0. The molecule has 3 aromatic carbocycles. The quantitative estimate of drug-likeness (QED) is 0.200. The highest BCUT2D eigenvalue weighted by Crippen LogP contribution is 2.44. The highest BCUT2D eigenvalue weighted by atomic mass is 19.1. The predicted octanol–water partition coefficient (Wildman–Crippen LogP) is 4.16. The van der Waals surface area contributed by atoms with Crippen molar-refractivity contribution in [1.82, 2.24) is 15.5 Å². The number of aliphatic hydroxyl groups is 1. The number of benzene rings is 3. The van der Waals surface area contributed by atoms with Crippen LogP contribution in [0.2, 0.25) is 0 Å². The summed E-state index contributed by atoms with van der Waals surface area (Å²) in [5, 5.41) is 26.9. The molecule has 228 valence electrons. The first-order chi connectivity index (χ1) is 20.6. The second kappa shape index (κ2) is 14.3. The van der Waals surface area contributed by atoms with Crippen molar-refractivity contribution < 1.29 is 29.0 Å². The highest BCUT2D eigenvalue weighted by Gasteiger charge is 2.43. The maximum atomic E-state index is 15.5. The molecule has 43 heavy (non-hydrogen) atoms. The van der Waals surface area contributed by atoms with Crippen molar-refractivity contribution in [3.8, 4) is 11.1 Å². The lowest BCUT2D eigenvalue weighted by Crippen LogP contribution is -2.48. The standard InChI is InChI=1S/C33H39FN4O5/c1-22-6-2-7-25(18-22)30-27(9-3-10-28(30)34)33(43,15-5-16-37-32(41)42)26-8-4-17-38(21-26)31(40)24-13-11-23(12-14-24)19-36-20-29(35)39/h2-3,6-7,9-14,18,26,36-37,43H,4-5,8,15-17,19-21H2,1H3,(H2,35,39)(H,41,42). The summed E-state index contributed by atoms with van der Waals surface area (Å²) in [6.07, 6.45) is 0.605. The Bertz CT molecular complexity index is 1450. The van der Waals surface area contributed by atoms with Crippen molar-refractivity contribution >= 4 is 17.9 Å². The maximum Gasteiger partial charge on any atom is 0.404 e. The van der Waals surface area contributed by atoms with E-state index in [9.17, 15) is 19.5 Å². The molecule has 3 aromatic rings. The Labute approximate surface area is 250 Å². The highest BCUT2D eigenvalue weighted by molar-refractivity contribution is 5.94. The first kappa shape index (κ1) is 31.7. The number of halogens is 1. The molecule has 1 saturated heterocycles. The molecule has 3 amide bonds. The van der Waals surface area contributed by atoms with E-state index >= 15 is 4.39 Å². The summed E-state index contributed by atoms with van der Waals surface area (Å²) >= 11 is 0. The lowest BCUT2D eigenvalue weighted by molar-refractivity contribution is -0.117. The lowest BCUT2D eigenvalue weighted by Gasteiger charge is -2.43. The molecule has 1 aliphatic heterocycles. The molecule has 10 heteroatoms. The van der Waals surface area contributed by atoms with Crippen LogP contribution < -0.4 is 16.4 Å². The third kappa shape index (κ3) is 7.97. The maximum absolute atomic E-state index is 15.5. The molecule has 2 unspecified atom stereocenters. The number of primary amides is 1. The zero-order chi connectivity index (χ0) is 31.0. The van der Waals surface area contributed by atoms with Crippen LogP contribution in [0.1, 0.15) is 52.7 Å². The van der Waals surface area contributed by atoms with Gasteiger partial charge in [0.25, 0.3) is 5.91 Å². The fraction of sp³-hybridized carbons (Fsp3) is 0.364. The number of carbonyl (C=O) groups is 3. The average Bonchev–Trinajstić information content (AvgIpc) is 2.99. The predicted molar refractivity (Wildman–Crippen MR) is 162 cm³/mol. The molecule has 0 bridgehead atoms. The second-order valence-electron chi connectivity index (χ2n) is 11.1. The van der Waals surface area contributed by atoms with E-state index in [0.717, 1.165) is 11.1 Å². The van der Waals surface area contributed by atoms with E-state index in [-0.39, 0.29) is 32.0 Å². The van der Waals surface area contributed by atoms with Crippen LogP contribution >= 0.6 is 0 Å². The molecule has 2 atom stereocenters. The minimum atomic E-state index is -1.53. The minimum absolute atomic E-state index is 0.0576. The Morgan fingerprint density at radius 1 is 1.09 bits per heavy atom. The number of rotatable bonds is 12. The van der Waals surface area contributed by atoms with Crippen molar-refractivity contribution in [3.05, 3.63) is 94.8 Å². The molecule has 0 saturated carbocycles. The summed E-state index contributed by atoms with van der Waals surface area (Å²) in [6, 6.07) is 19.2. The van der Waals surface area contributed by atoms with E-state index in [2.05, 4.69) is 10.6 Å². The lowest BCUT2D eigenvalue weighted by atomic mass is 9.72. The van der Waals surface area contributed by atoms with Crippen LogP contribution in [0.4, 0.5) is 9.18 Å². The van der Waals surface area contributed by atoms with Gasteiger partial charge in [-0.25, -0.2) is 9.18 Å². The van der Waals surface area contributed by atoms with Gasteiger partial charge in [0.15, 0.2) is 0 Å². The van der Waals surface area contributed by atoms with Crippen LogP contribution in [0.25, 0.3) is 11.1 Å². The number of nitrogens with two attached hydrogens (primary N) is 1. The molecule has 1 fully saturated rings. The van der Waals surface area contributed by atoms with Crippen LogP contribution in [-0.4, -0.2) is 59.2 Å². The van der Waals surface area contributed by atoms with E-state index in [1.807, 2.05) is 43.3 Å². The van der Waals surface area contributed by atoms with Gasteiger partial charge in [-0.15, -0.1) is 0 Å². The first-order valence-corrected chi connectivity index (χ1v) is 14.5. The molecular formula is C33H39FN4O5. The van der Waals surface area contributed by atoms with Crippen LogP contribution in [-0.2, 0) is 16.9 Å². The number of hydrogen-bond acceptors (Lipinski definition) is 5. The van der Waals surface area contributed by atoms with E-state index in [4.69, 9.17) is 10.8 Å². The largest absolute Gasteiger partial charge is 0.465 e. The SMILES string of the molecule is Cc1cccc(-c2c(F)cccc2C(O)(CCCNC(=O)O)C2CCCN(C(=O)c3ccc(CNCC(N)=O)cc3)C2)c1. The number of carbonyl (C=O) groups excluding carboxylic acids is 2. The average molecular weight is 591 g/mol. The zero-order valence-corrected chi connectivity index (χ0v) is 24.3. The number of carboxylic acid groups (broad SMARTS) is 1. The summed E-state index contributed by atoms with van der Waals surface area (Å²) in [4.78, 5) is 37.3. The van der Waals surface area contributed by atoms with Crippen molar-refractivity contribution in [1.29, 1.82) is 0 Å². The van der Waals surface area contributed by atoms with E-state index < -0.39 is 29.3 Å². The molecule has 0 aliphatic carbocycles. The first-order valence-electron chi connectivity index (χ1n) is 14.5. The Morgan fingerprint density at radius 3 is 2.53 bits per heavy atom. The molecule has 0 radical (unpaired) electrons. The van der Waals surface area contributed by atoms with Gasteiger partial charge in [0.1, 0.15) is 5.82 Å². The molecule has 1 aliphatic rings. The third-order valence-corrected chi connectivity index (χ3v) is 8.01. The van der Waals surface area contributed by atoms with Gasteiger partial charge in [-0.3, -0.25) is 9.59 Å². The van der Waals surface area contributed by atoms with Crippen LogP contribution in [0, 0.1) is 18.7 Å².